The van der Waals surface area contributed by atoms with Crippen LogP contribution in [-0.2, 0) is 9.47 Å². The average molecular weight is 184 g/mol. The van der Waals surface area contributed by atoms with E-state index in [0.717, 1.165) is 13.2 Å². The largest absolute Gasteiger partial charge is 0.382 e. The van der Waals surface area contributed by atoms with Crippen molar-refractivity contribution in [3.63, 3.8) is 0 Å². The molecule has 0 aromatic heterocycles. The monoisotopic (exact) mass is 183 g/mol. The standard InChI is InChI=1S/C7H17NO2.ClH/c1-8(2)4-5-10-7-6-9-3;/h4-7H2,1-3H3;1H. The first kappa shape index (κ1) is 13.7. The molecular formula is C7H18ClNO2. The van der Waals surface area contributed by atoms with E-state index in [4.69, 9.17) is 9.47 Å². The molecule has 0 saturated carbocycles. The van der Waals surface area contributed by atoms with Crippen LogP contribution < -0.4 is 0 Å². The summed E-state index contributed by atoms with van der Waals surface area (Å²) >= 11 is 0. The Morgan fingerprint density at radius 2 is 1.73 bits per heavy atom. The number of halogens is 1. The number of nitrogens with zero attached hydrogens (tertiary/aromatic N) is 1. The summed E-state index contributed by atoms with van der Waals surface area (Å²) in [6.45, 7) is 3.15. The molecule has 0 atom stereocenters. The highest BCUT2D eigenvalue weighted by molar-refractivity contribution is 5.85. The predicted molar refractivity (Wildman–Crippen MR) is 48.5 cm³/mol. The van der Waals surface area contributed by atoms with Gasteiger partial charge in [0.15, 0.2) is 0 Å². The van der Waals surface area contributed by atoms with Gasteiger partial charge in [-0.1, -0.05) is 0 Å². The Bertz CT molecular complexity index is 71.5. The van der Waals surface area contributed by atoms with E-state index in [9.17, 15) is 0 Å². The molecule has 0 spiro atoms. The molecule has 0 fully saturated rings. The zero-order valence-electron chi connectivity index (χ0n) is 7.50. The SMILES string of the molecule is COCCOCCN(C)C.Cl. The summed E-state index contributed by atoms with van der Waals surface area (Å²) in [5, 5.41) is 0. The number of hydrogen-bond donors (Lipinski definition) is 0. The molecular weight excluding hydrogens is 166 g/mol. The Morgan fingerprint density at radius 1 is 1.09 bits per heavy atom. The summed E-state index contributed by atoms with van der Waals surface area (Å²) in [6.07, 6.45) is 0. The minimum absolute atomic E-state index is 0. The second-order valence-electron chi connectivity index (χ2n) is 2.41. The maximum absolute atomic E-state index is 5.22. The molecule has 0 N–H and O–H groups in total. The zero-order chi connectivity index (χ0) is 7.82. The van der Waals surface area contributed by atoms with E-state index in [1.54, 1.807) is 7.11 Å². The van der Waals surface area contributed by atoms with Crippen molar-refractivity contribution in [1.29, 1.82) is 0 Å². The van der Waals surface area contributed by atoms with Crippen molar-refractivity contribution in [2.45, 2.75) is 0 Å². The van der Waals surface area contributed by atoms with Gasteiger partial charge < -0.3 is 14.4 Å². The number of hydrogen-bond acceptors (Lipinski definition) is 3. The van der Waals surface area contributed by atoms with Crippen LogP contribution in [0.5, 0.6) is 0 Å². The van der Waals surface area contributed by atoms with Gasteiger partial charge in [-0.05, 0) is 14.1 Å². The van der Waals surface area contributed by atoms with Gasteiger partial charge in [-0.3, -0.25) is 0 Å². The van der Waals surface area contributed by atoms with Gasteiger partial charge in [-0.15, -0.1) is 12.4 Å². The summed E-state index contributed by atoms with van der Waals surface area (Å²) in [6, 6.07) is 0. The van der Waals surface area contributed by atoms with E-state index in [-0.39, 0.29) is 12.4 Å². The molecule has 0 aliphatic carbocycles. The lowest BCUT2D eigenvalue weighted by molar-refractivity contribution is 0.0633. The highest BCUT2D eigenvalue weighted by atomic mass is 35.5. The number of methoxy groups -OCH3 is 1. The number of rotatable bonds is 6. The van der Waals surface area contributed by atoms with E-state index < -0.39 is 0 Å². The Kier molecular flexibility index (Phi) is 12.7. The highest BCUT2D eigenvalue weighted by Crippen LogP contribution is 1.78. The first-order valence-electron chi connectivity index (χ1n) is 3.48. The quantitative estimate of drug-likeness (QED) is 0.564. The lowest BCUT2D eigenvalue weighted by Crippen LogP contribution is -2.18. The van der Waals surface area contributed by atoms with Crippen molar-refractivity contribution >= 4 is 12.4 Å². The Labute approximate surface area is 75.1 Å². The third-order valence-corrected chi connectivity index (χ3v) is 1.11. The van der Waals surface area contributed by atoms with Crippen LogP contribution in [0.25, 0.3) is 0 Å². The normalized spacial score (nSPS) is 9.82. The molecule has 0 aliphatic rings. The number of likely N-dealkylation sites (N-methyl/N-ethyl adjacent to an activating group) is 1. The van der Waals surface area contributed by atoms with E-state index in [0.29, 0.717) is 13.2 Å². The maximum atomic E-state index is 5.22. The first-order chi connectivity index (χ1) is 4.77. The summed E-state index contributed by atoms with van der Waals surface area (Å²) in [5.41, 5.74) is 0. The average Bonchev–Trinajstić information content (AvgIpc) is 1.87. The van der Waals surface area contributed by atoms with Gasteiger partial charge in [0.1, 0.15) is 0 Å². The summed E-state index contributed by atoms with van der Waals surface area (Å²) < 4.78 is 10.0. The van der Waals surface area contributed by atoms with Crippen LogP contribution in [0, 0.1) is 0 Å². The van der Waals surface area contributed by atoms with Gasteiger partial charge in [-0.2, -0.15) is 0 Å². The lowest BCUT2D eigenvalue weighted by Gasteiger charge is -2.08. The smallest absolute Gasteiger partial charge is 0.0700 e. The van der Waals surface area contributed by atoms with Crippen LogP contribution in [0.1, 0.15) is 0 Å². The first-order valence-corrected chi connectivity index (χ1v) is 3.48. The molecule has 11 heavy (non-hydrogen) atoms. The molecule has 0 aromatic carbocycles. The summed E-state index contributed by atoms with van der Waals surface area (Å²) in [4.78, 5) is 2.09. The molecule has 0 rings (SSSR count). The van der Waals surface area contributed by atoms with Crippen molar-refractivity contribution in [3.8, 4) is 0 Å². The van der Waals surface area contributed by atoms with E-state index in [1.807, 2.05) is 14.1 Å². The molecule has 70 valence electrons. The Balaban J connectivity index is 0. The summed E-state index contributed by atoms with van der Waals surface area (Å²) in [7, 11) is 5.73. The highest BCUT2D eigenvalue weighted by Gasteiger charge is 1.89. The molecule has 3 nitrogen and oxygen atoms in total. The minimum atomic E-state index is 0. The molecule has 0 aromatic rings. The fourth-order valence-electron chi connectivity index (χ4n) is 0.491. The van der Waals surface area contributed by atoms with Crippen LogP contribution >= 0.6 is 12.4 Å². The van der Waals surface area contributed by atoms with Crippen LogP contribution in [0.15, 0.2) is 0 Å². The molecule has 0 aliphatic heterocycles. The second-order valence-corrected chi connectivity index (χ2v) is 2.41. The summed E-state index contributed by atoms with van der Waals surface area (Å²) in [5.74, 6) is 0. The molecule has 0 unspecified atom stereocenters. The molecule has 0 bridgehead atoms. The molecule has 0 heterocycles. The van der Waals surface area contributed by atoms with Crippen molar-refractivity contribution in [3.05, 3.63) is 0 Å². The zero-order valence-corrected chi connectivity index (χ0v) is 8.32. The third-order valence-electron chi connectivity index (χ3n) is 1.11. The Morgan fingerprint density at radius 3 is 2.18 bits per heavy atom. The van der Waals surface area contributed by atoms with Crippen molar-refractivity contribution in [2.75, 3.05) is 47.6 Å². The van der Waals surface area contributed by atoms with Crippen LogP contribution in [0.3, 0.4) is 0 Å². The van der Waals surface area contributed by atoms with E-state index >= 15 is 0 Å². The van der Waals surface area contributed by atoms with Crippen molar-refractivity contribution in [2.24, 2.45) is 0 Å². The Hall–Kier alpha value is 0.170. The third kappa shape index (κ3) is 13.2. The van der Waals surface area contributed by atoms with Gasteiger partial charge in [-0.25, -0.2) is 0 Å². The lowest BCUT2D eigenvalue weighted by atomic mass is 10.6. The maximum Gasteiger partial charge on any atom is 0.0700 e. The minimum Gasteiger partial charge on any atom is -0.382 e. The van der Waals surface area contributed by atoms with Gasteiger partial charge in [0.05, 0.1) is 19.8 Å². The van der Waals surface area contributed by atoms with Crippen LogP contribution in [-0.4, -0.2) is 52.5 Å². The number of ether oxygens (including phenoxy) is 2. The molecule has 0 radical (unpaired) electrons. The molecule has 0 saturated heterocycles. The predicted octanol–water partition coefficient (Wildman–Crippen LogP) is 0.633. The van der Waals surface area contributed by atoms with Crippen LogP contribution in [0.2, 0.25) is 0 Å². The van der Waals surface area contributed by atoms with Crippen molar-refractivity contribution < 1.29 is 9.47 Å². The van der Waals surface area contributed by atoms with Gasteiger partial charge in [0.25, 0.3) is 0 Å². The van der Waals surface area contributed by atoms with E-state index in [1.165, 1.54) is 0 Å². The fourth-order valence-corrected chi connectivity index (χ4v) is 0.491. The molecule has 0 amide bonds. The topological polar surface area (TPSA) is 21.7 Å². The van der Waals surface area contributed by atoms with E-state index in [2.05, 4.69) is 4.90 Å². The second kappa shape index (κ2) is 10.2. The van der Waals surface area contributed by atoms with Gasteiger partial charge in [0.2, 0.25) is 0 Å². The molecule has 4 heteroatoms. The fraction of sp³-hybridized carbons (Fsp3) is 1.00. The van der Waals surface area contributed by atoms with Crippen molar-refractivity contribution in [1.82, 2.24) is 4.90 Å². The van der Waals surface area contributed by atoms with Crippen LogP contribution in [0.4, 0.5) is 0 Å². The van der Waals surface area contributed by atoms with Gasteiger partial charge in [0, 0.05) is 13.7 Å². The van der Waals surface area contributed by atoms with Gasteiger partial charge >= 0.3 is 0 Å².